The Morgan fingerprint density at radius 2 is 1.38 bits per heavy atom. The van der Waals surface area contributed by atoms with Crippen LogP contribution >= 0.6 is 0 Å². The van der Waals surface area contributed by atoms with Gasteiger partial charge in [0.25, 0.3) is 0 Å². The van der Waals surface area contributed by atoms with Gasteiger partial charge in [0.2, 0.25) is 0 Å². The van der Waals surface area contributed by atoms with Crippen molar-refractivity contribution in [3.8, 4) is 0 Å². The molecule has 2 aromatic carbocycles. The van der Waals surface area contributed by atoms with Crippen LogP contribution in [0.1, 0.15) is 44.9 Å². The molecule has 0 radical (unpaired) electrons. The van der Waals surface area contributed by atoms with E-state index in [1.807, 2.05) is 0 Å². The molecule has 0 amide bonds. The summed E-state index contributed by atoms with van der Waals surface area (Å²) in [7, 11) is -1.72. The van der Waals surface area contributed by atoms with E-state index < -0.39 is 8.32 Å². The molecule has 128 valence electrons. The molecule has 24 heavy (non-hydrogen) atoms. The number of benzene rings is 2. The lowest BCUT2D eigenvalue weighted by molar-refractivity contribution is 0.247. The highest BCUT2D eigenvalue weighted by molar-refractivity contribution is 6.73. The van der Waals surface area contributed by atoms with Crippen LogP contribution in [-0.4, -0.2) is 8.32 Å². The van der Waals surface area contributed by atoms with Crippen LogP contribution in [0.3, 0.4) is 0 Å². The lowest BCUT2D eigenvalue weighted by Gasteiger charge is -2.35. The number of rotatable bonds is 8. The van der Waals surface area contributed by atoms with Crippen molar-refractivity contribution >= 4 is 13.9 Å². The van der Waals surface area contributed by atoms with Gasteiger partial charge in [-0.1, -0.05) is 87.5 Å². The predicted molar refractivity (Wildman–Crippen MR) is 108 cm³/mol. The molecule has 1 nitrogen and oxygen atoms in total. The Kier molecular flexibility index (Phi) is 7.01. The van der Waals surface area contributed by atoms with Gasteiger partial charge in [-0.3, -0.25) is 0 Å². The maximum Gasteiger partial charge on any atom is 0.193 e. The number of hydrogen-bond acceptors (Lipinski definition) is 1. The second-order valence-electron chi connectivity index (χ2n) is 6.26. The quantitative estimate of drug-likeness (QED) is 0.478. The smallest absolute Gasteiger partial charge is 0.193 e. The van der Waals surface area contributed by atoms with Gasteiger partial charge in [0, 0.05) is 0 Å². The third kappa shape index (κ3) is 4.25. The van der Waals surface area contributed by atoms with Crippen molar-refractivity contribution in [3.05, 3.63) is 77.9 Å². The van der Waals surface area contributed by atoms with E-state index in [0.29, 0.717) is 0 Å². The second kappa shape index (κ2) is 9.00. The van der Waals surface area contributed by atoms with Crippen LogP contribution in [-0.2, 0) is 4.43 Å². The van der Waals surface area contributed by atoms with Gasteiger partial charge in [0.1, 0.15) is 0 Å². The minimum Gasteiger partial charge on any atom is -0.406 e. The molecule has 0 bridgehead atoms. The first-order valence-corrected chi connectivity index (χ1v) is 11.7. The molecular weight excluding hydrogens is 308 g/mol. The third-order valence-electron chi connectivity index (χ3n) is 5.10. The van der Waals surface area contributed by atoms with E-state index >= 15 is 0 Å². The lowest BCUT2D eigenvalue weighted by Crippen LogP contribution is -2.37. The van der Waals surface area contributed by atoms with Crippen molar-refractivity contribution in [2.45, 2.75) is 51.9 Å². The molecule has 0 spiro atoms. The molecule has 1 atom stereocenters. The monoisotopic (exact) mass is 338 g/mol. The van der Waals surface area contributed by atoms with Crippen LogP contribution in [0, 0.1) is 0 Å². The molecule has 0 aliphatic carbocycles. The maximum absolute atomic E-state index is 6.95. The molecular formula is C22H30OSi. The fourth-order valence-corrected chi connectivity index (χ4v) is 6.05. The van der Waals surface area contributed by atoms with Crippen LogP contribution in [0.2, 0.25) is 18.1 Å². The topological polar surface area (TPSA) is 9.23 Å². The van der Waals surface area contributed by atoms with E-state index in [-0.39, 0.29) is 6.10 Å². The molecule has 2 aromatic rings. The summed E-state index contributed by atoms with van der Waals surface area (Å²) in [5.74, 6) is 0. The standard InChI is InChI=1S/C22H30OSi/c1-5-21(19-15-11-9-12-16-19)22(20-17-13-10-14-18-20)23-24(6-2,7-3)8-4/h5,9-18,22H,6-8H2,1-4H3/b21-5+. The van der Waals surface area contributed by atoms with Crippen molar-refractivity contribution in [3.63, 3.8) is 0 Å². The van der Waals surface area contributed by atoms with Gasteiger partial charge in [-0.25, -0.2) is 0 Å². The summed E-state index contributed by atoms with van der Waals surface area (Å²) < 4.78 is 6.95. The molecule has 0 fully saturated rings. The van der Waals surface area contributed by atoms with E-state index in [0.717, 1.165) is 18.1 Å². The number of allylic oxidation sites excluding steroid dienone is 1. The Morgan fingerprint density at radius 1 is 0.875 bits per heavy atom. The second-order valence-corrected chi connectivity index (χ2v) is 11.0. The van der Waals surface area contributed by atoms with E-state index in [1.165, 1.54) is 16.7 Å². The van der Waals surface area contributed by atoms with Gasteiger partial charge in [0.15, 0.2) is 8.32 Å². The van der Waals surface area contributed by atoms with Crippen LogP contribution in [0.5, 0.6) is 0 Å². The molecule has 0 aromatic heterocycles. The van der Waals surface area contributed by atoms with Crippen LogP contribution in [0.4, 0.5) is 0 Å². The predicted octanol–water partition coefficient (Wildman–Crippen LogP) is 6.85. The largest absolute Gasteiger partial charge is 0.406 e. The van der Waals surface area contributed by atoms with Gasteiger partial charge in [0.05, 0.1) is 6.10 Å². The third-order valence-corrected chi connectivity index (χ3v) is 9.71. The summed E-state index contributed by atoms with van der Waals surface area (Å²) >= 11 is 0. The first-order chi connectivity index (χ1) is 11.7. The van der Waals surface area contributed by atoms with E-state index in [4.69, 9.17) is 4.43 Å². The summed E-state index contributed by atoms with van der Waals surface area (Å²) in [6.45, 7) is 8.99. The zero-order valence-corrected chi connectivity index (χ0v) is 16.5. The van der Waals surface area contributed by atoms with Crippen molar-refractivity contribution in [2.24, 2.45) is 0 Å². The molecule has 2 rings (SSSR count). The van der Waals surface area contributed by atoms with Gasteiger partial charge in [-0.2, -0.15) is 0 Å². The Morgan fingerprint density at radius 3 is 1.83 bits per heavy atom. The van der Waals surface area contributed by atoms with Crippen LogP contribution < -0.4 is 0 Å². The van der Waals surface area contributed by atoms with Gasteiger partial charge < -0.3 is 4.43 Å². The van der Waals surface area contributed by atoms with Gasteiger partial charge in [-0.05, 0) is 41.8 Å². The molecule has 0 heterocycles. The molecule has 2 heteroatoms. The average Bonchev–Trinajstić information content (AvgIpc) is 2.67. The fraction of sp³-hybridized carbons (Fsp3) is 0.364. The molecule has 0 saturated heterocycles. The normalized spacial score (nSPS) is 13.8. The zero-order valence-electron chi connectivity index (χ0n) is 15.5. The first-order valence-electron chi connectivity index (χ1n) is 9.14. The molecule has 0 saturated carbocycles. The highest BCUT2D eigenvalue weighted by Crippen LogP contribution is 2.38. The van der Waals surface area contributed by atoms with Gasteiger partial charge in [-0.15, -0.1) is 0 Å². The van der Waals surface area contributed by atoms with Gasteiger partial charge >= 0.3 is 0 Å². The molecule has 1 unspecified atom stereocenters. The summed E-state index contributed by atoms with van der Waals surface area (Å²) in [5, 5.41) is 0. The van der Waals surface area contributed by atoms with E-state index in [9.17, 15) is 0 Å². The van der Waals surface area contributed by atoms with E-state index in [1.54, 1.807) is 0 Å². The molecule has 0 N–H and O–H groups in total. The fourth-order valence-electron chi connectivity index (χ4n) is 3.29. The Labute approximate surface area is 148 Å². The molecule has 0 aliphatic rings. The average molecular weight is 339 g/mol. The Balaban J connectivity index is 2.47. The van der Waals surface area contributed by atoms with Crippen LogP contribution in [0.15, 0.2) is 66.7 Å². The summed E-state index contributed by atoms with van der Waals surface area (Å²) in [6, 6.07) is 24.8. The van der Waals surface area contributed by atoms with Crippen molar-refractivity contribution in [2.75, 3.05) is 0 Å². The summed E-state index contributed by atoms with van der Waals surface area (Å²) in [4.78, 5) is 0. The minimum atomic E-state index is -1.72. The SMILES string of the molecule is C/C=C(\c1ccccc1)C(O[Si](CC)(CC)CC)c1ccccc1. The highest BCUT2D eigenvalue weighted by atomic mass is 28.4. The number of hydrogen-bond donors (Lipinski definition) is 0. The summed E-state index contributed by atoms with van der Waals surface area (Å²) in [5.41, 5.74) is 3.77. The Hall–Kier alpha value is -1.64. The zero-order chi connectivity index (χ0) is 17.4. The maximum atomic E-state index is 6.95. The highest BCUT2D eigenvalue weighted by Gasteiger charge is 2.34. The van der Waals surface area contributed by atoms with Crippen molar-refractivity contribution < 1.29 is 4.43 Å². The molecule has 0 aliphatic heterocycles. The van der Waals surface area contributed by atoms with Crippen LogP contribution in [0.25, 0.3) is 5.57 Å². The lowest BCUT2D eigenvalue weighted by atomic mass is 9.95. The Bertz CT molecular complexity index is 621. The minimum absolute atomic E-state index is 0.0186. The summed E-state index contributed by atoms with van der Waals surface area (Å²) in [6.07, 6.45) is 2.23. The first kappa shape index (κ1) is 18.7. The van der Waals surface area contributed by atoms with E-state index in [2.05, 4.69) is 94.4 Å². The van der Waals surface area contributed by atoms with Crippen molar-refractivity contribution in [1.82, 2.24) is 0 Å². The van der Waals surface area contributed by atoms with Crippen molar-refractivity contribution in [1.29, 1.82) is 0 Å².